The summed E-state index contributed by atoms with van der Waals surface area (Å²) in [5.41, 5.74) is 12.9. The summed E-state index contributed by atoms with van der Waals surface area (Å²) in [6.45, 7) is 0. The maximum Gasteiger partial charge on any atom is 3.00 e. The first kappa shape index (κ1) is 23.2. The van der Waals surface area contributed by atoms with Gasteiger partial charge in [-0.1, -0.05) is 0 Å². The van der Waals surface area contributed by atoms with E-state index in [1.54, 1.807) is 0 Å². The van der Waals surface area contributed by atoms with Gasteiger partial charge in [-0.2, -0.15) is 0 Å². The molecule has 0 aliphatic heterocycles. The molecule has 0 radical (unpaired) electrons. The first-order valence-electron chi connectivity index (χ1n) is 2.09. The van der Waals surface area contributed by atoms with Crippen LogP contribution in [0, 0.1) is 0 Å². The molecule has 0 rings (SSSR count). The van der Waals surface area contributed by atoms with Crippen molar-refractivity contribution in [1.29, 1.82) is 0 Å². The number of nitrogens with two attached hydrogens (primary N) is 3. The van der Waals surface area contributed by atoms with Crippen molar-refractivity contribution in [3.05, 3.63) is 0 Å². The molecule has 10 heteroatoms. The molecule has 0 aromatic rings. The summed E-state index contributed by atoms with van der Waals surface area (Å²) in [6, 6.07) is 0. The molecule has 6 nitrogen and oxygen atoms in total. The van der Waals surface area contributed by atoms with Gasteiger partial charge in [0.15, 0.2) is 0 Å². The number of carbonyl (C=O) groups is 3. The standard InChI is InChI=1S/3CH3NOS.Y/c3*2-1(3)4;/h3*(H3,2,3,4);/q;;;+3/p-3. The van der Waals surface area contributed by atoms with Crippen molar-refractivity contribution in [2.45, 2.75) is 0 Å². The molecule has 0 aliphatic rings. The summed E-state index contributed by atoms with van der Waals surface area (Å²) >= 11 is 11.3. The van der Waals surface area contributed by atoms with Gasteiger partial charge < -0.3 is 69.5 Å². The molecule has 0 heterocycles. The molecule has 72 valence electrons. The van der Waals surface area contributed by atoms with Crippen molar-refractivity contribution in [3.63, 3.8) is 0 Å². The van der Waals surface area contributed by atoms with Crippen LogP contribution in [-0.4, -0.2) is 15.7 Å². The first-order chi connectivity index (χ1) is 5.20. The van der Waals surface area contributed by atoms with Crippen molar-refractivity contribution in [1.82, 2.24) is 0 Å². The fraction of sp³-hybridized carbons (Fsp3) is 0. The van der Waals surface area contributed by atoms with Crippen LogP contribution in [0.25, 0.3) is 0 Å². The third-order valence-corrected chi connectivity index (χ3v) is 0. The van der Waals surface area contributed by atoms with Gasteiger partial charge in [-0.15, -0.1) is 0 Å². The number of hydrogen-bond acceptors (Lipinski definition) is 6. The zero-order valence-corrected chi connectivity index (χ0v) is 11.5. The van der Waals surface area contributed by atoms with E-state index in [4.69, 9.17) is 14.4 Å². The van der Waals surface area contributed by atoms with E-state index < -0.39 is 15.7 Å². The van der Waals surface area contributed by atoms with Crippen LogP contribution in [0.15, 0.2) is 0 Å². The minimum Gasteiger partial charge on any atom is -0.719 e. The fourth-order valence-corrected chi connectivity index (χ4v) is 0. The molecule has 0 aromatic heterocycles. The zero-order valence-electron chi connectivity index (χ0n) is 6.26. The van der Waals surface area contributed by atoms with E-state index in [1.165, 1.54) is 0 Å². The Morgan fingerprint density at radius 1 is 0.692 bits per heavy atom. The summed E-state index contributed by atoms with van der Waals surface area (Å²) in [5.74, 6) is 0. The zero-order chi connectivity index (χ0) is 10.7. The van der Waals surface area contributed by atoms with Crippen LogP contribution < -0.4 is 17.2 Å². The number of primary amides is 3. The molecule has 0 bridgehead atoms. The minimum absolute atomic E-state index is 0. The number of rotatable bonds is 0. The number of carbonyl (C=O) groups excluding carboxylic acids is 3. The van der Waals surface area contributed by atoms with E-state index >= 15 is 0 Å². The van der Waals surface area contributed by atoms with Crippen LogP contribution in [0.3, 0.4) is 0 Å². The summed E-state index contributed by atoms with van der Waals surface area (Å²) in [4.78, 5) is 27.1. The van der Waals surface area contributed by atoms with E-state index in [1.807, 2.05) is 0 Å². The van der Waals surface area contributed by atoms with Crippen LogP contribution in [0.4, 0.5) is 14.4 Å². The van der Waals surface area contributed by atoms with E-state index in [9.17, 15) is 0 Å². The third kappa shape index (κ3) is 41700. The number of hydrogen-bond donors (Lipinski definition) is 3. The van der Waals surface area contributed by atoms with Crippen LogP contribution in [0.5, 0.6) is 0 Å². The van der Waals surface area contributed by atoms with E-state index in [0.717, 1.165) is 0 Å². The molecule has 0 aromatic carbocycles. The van der Waals surface area contributed by atoms with Crippen molar-refractivity contribution in [2.24, 2.45) is 17.2 Å². The third-order valence-electron chi connectivity index (χ3n) is 0. The van der Waals surface area contributed by atoms with Gasteiger partial charge in [-0.25, -0.2) is 0 Å². The molecule has 0 atom stereocenters. The Morgan fingerprint density at radius 3 is 0.692 bits per heavy atom. The molecule has 6 N–H and O–H groups in total. The Hall–Kier alpha value is 0.174. The molecular formula is C3H6N3O3S3Y. The van der Waals surface area contributed by atoms with Crippen molar-refractivity contribution in [2.75, 3.05) is 0 Å². The summed E-state index contributed by atoms with van der Waals surface area (Å²) in [6.07, 6.45) is 0. The summed E-state index contributed by atoms with van der Waals surface area (Å²) in [5, 5.41) is -2.25. The smallest absolute Gasteiger partial charge is 0.719 e. The molecule has 0 aliphatic carbocycles. The predicted octanol–water partition coefficient (Wildman–Crippen LogP) is -1.17. The van der Waals surface area contributed by atoms with Gasteiger partial charge in [0.2, 0.25) is 0 Å². The van der Waals surface area contributed by atoms with Gasteiger partial charge in [0.25, 0.3) is 0 Å². The fourth-order valence-electron chi connectivity index (χ4n) is 0. The molecule has 0 spiro atoms. The molecule has 13 heavy (non-hydrogen) atoms. The number of amides is 3. The quantitative estimate of drug-likeness (QED) is 0.483. The van der Waals surface area contributed by atoms with Crippen molar-refractivity contribution in [3.8, 4) is 0 Å². The molecule has 0 unspecified atom stereocenters. The predicted molar refractivity (Wildman–Crippen MR) is 50.8 cm³/mol. The van der Waals surface area contributed by atoms with E-state index in [-0.39, 0.29) is 32.7 Å². The second-order valence-corrected chi connectivity index (χ2v) is 2.16. The van der Waals surface area contributed by atoms with Gasteiger partial charge in [-0.05, 0) is 0 Å². The van der Waals surface area contributed by atoms with Gasteiger partial charge in [0.1, 0.15) is 0 Å². The maximum atomic E-state index is 9.04. The summed E-state index contributed by atoms with van der Waals surface area (Å²) in [7, 11) is 0. The van der Waals surface area contributed by atoms with E-state index in [0.29, 0.717) is 0 Å². The Balaban J connectivity index is -0.0000000450. The first-order valence-corrected chi connectivity index (χ1v) is 3.32. The van der Waals surface area contributed by atoms with Gasteiger partial charge >= 0.3 is 32.7 Å². The maximum absolute atomic E-state index is 9.04. The molecule has 0 saturated carbocycles. The van der Waals surface area contributed by atoms with Gasteiger partial charge in [0.05, 0.1) is 15.7 Å². The monoisotopic (exact) mass is 317 g/mol. The van der Waals surface area contributed by atoms with Crippen LogP contribution in [0.1, 0.15) is 0 Å². The van der Waals surface area contributed by atoms with Crippen LogP contribution >= 0.6 is 0 Å². The van der Waals surface area contributed by atoms with Crippen LogP contribution in [0.2, 0.25) is 0 Å². The second kappa shape index (κ2) is 18.1. The largest absolute Gasteiger partial charge is 3.00 e. The second-order valence-electron chi connectivity index (χ2n) is 0.957. The average Bonchev–Trinajstić information content (AvgIpc) is 1.54. The minimum atomic E-state index is -0.750. The molecule has 3 amide bonds. The van der Waals surface area contributed by atoms with E-state index in [2.05, 4.69) is 55.1 Å². The Bertz CT molecular complexity index is 127. The topological polar surface area (TPSA) is 129 Å². The Kier molecular flexibility index (Phi) is 32.2. The van der Waals surface area contributed by atoms with Crippen molar-refractivity contribution < 1.29 is 47.1 Å². The molecule has 0 saturated heterocycles. The average molecular weight is 317 g/mol. The SMILES string of the molecule is NC(=O)[S-].NC(=O)[S-].NC(=O)[S-].[Y+3]. The van der Waals surface area contributed by atoms with Crippen LogP contribution in [-0.2, 0) is 70.6 Å². The van der Waals surface area contributed by atoms with Gasteiger partial charge in [-0.3, -0.25) is 0 Å². The summed E-state index contributed by atoms with van der Waals surface area (Å²) < 4.78 is 0. The normalized spacial score (nSPS) is 5.54. The molecular weight excluding hydrogens is 311 g/mol. The Labute approximate surface area is 117 Å². The Morgan fingerprint density at radius 2 is 0.692 bits per heavy atom. The van der Waals surface area contributed by atoms with Gasteiger partial charge in [0, 0.05) is 0 Å². The molecule has 0 fully saturated rings. The van der Waals surface area contributed by atoms with Crippen molar-refractivity contribution >= 4 is 53.6 Å².